The SMILES string of the molecule is CN(Cc1ccccc1Br)c1nc2ccccn2c1CO. The normalized spacial score (nSPS) is 11.0. The molecule has 1 N–H and O–H groups in total. The second kappa shape index (κ2) is 5.87. The summed E-state index contributed by atoms with van der Waals surface area (Å²) in [7, 11) is 1.99. The predicted molar refractivity (Wildman–Crippen MR) is 87.4 cm³/mol. The number of anilines is 1. The van der Waals surface area contributed by atoms with Crippen molar-refractivity contribution < 1.29 is 5.11 Å². The van der Waals surface area contributed by atoms with Gasteiger partial charge in [0, 0.05) is 24.3 Å². The Labute approximate surface area is 131 Å². The number of halogens is 1. The molecule has 2 heterocycles. The Balaban J connectivity index is 1.98. The lowest BCUT2D eigenvalue weighted by molar-refractivity contribution is 0.276. The summed E-state index contributed by atoms with van der Waals surface area (Å²) >= 11 is 3.57. The van der Waals surface area contributed by atoms with E-state index in [9.17, 15) is 5.11 Å². The molecule has 0 amide bonds. The van der Waals surface area contributed by atoms with Crippen molar-refractivity contribution in [3.05, 3.63) is 64.4 Å². The summed E-state index contributed by atoms with van der Waals surface area (Å²) in [5.74, 6) is 0.805. The van der Waals surface area contributed by atoms with Crippen molar-refractivity contribution in [1.29, 1.82) is 0 Å². The molecule has 1 aromatic carbocycles. The lowest BCUT2D eigenvalue weighted by Gasteiger charge is -2.18. The van der Waals surface area contributed by atoms with Crippen LogP contribution in [0, 0.1) is 0 Å². The van der Waals surface area contributed by atoms with Crippen molar-refractivity contribution in [3.63, 3.8) is 0 Å². The fraction of sp³-hybridized carbons (Fsp3) is 0.188. The molecule has 0 bridgehead atoms. The Morgan fingerprint density at radius 1 is 1.19 bits per heavy atom. The van der Waals surface area contributed by atoms with Crippen LogP contribution in [0.15, 0.2) is 53.1 Å². The molecule has 4 nitrogen and oxygen atoms in total. The molecule has 0 aliphatic rings. The third-order valence-electron chi connectivity index (χ3n) is 3.48. The molecule has 21 heavy (non-hydrogen) atoms. The predicted octanol–water partition coefficient (Wildman–Crippen LogP) is 3.23. The highest BCUT2D eigenvalue weighted by Gasteiger charge is 2.15. The van der Waals surface area contributed by atoms with Crippen LogP contribution in [0.5, 0.6) is 0 Å². The first-order valence-electron chi connectivity index (χ1n) is 6.72. The van der Waals surface area contributed by atoms with Crippen LogP contribution in [-0.2, 0) is 13.2 Å². The van der Waals surface area contributed by atoms with Crippen molar-refractivity contribution >= 4 is 27.4 Å². The molecule has 0 aliphatic heterocycles. The Kier molecular flexibility index (Phi) is 3.94. The maximum absolute atomic E-state index is 9.68. The average Bonchev–Trinajstić information content (AvgIpc) is 2.88. The number of hydrogen-bond acceptors (Lipinski definition) is 3. The summed E-state index contributed by atoms with van der Waals surface area (Å²) in [5, 5.41) is 9.68. The molecule has 0 saturated carbocycles. The third kappa shape index (κ3) is 2.66. The van der Waals surface area contributed by atoms with Gasteiger partial charge >= 0.3 is 0 Å². The van der Waals surface area contributed by atoms with Crippen LogP contribution in [0.25, 0.3) is 5.65 Å². The molecule has 3 rings (SSSR count). The largest absolute Gasteiger partial charge is 0.390 e. The Morgan fingerprint density at radius 2 is 1.95 bits per heavy atom. The highest BCUT2D eigenvalue weighted by Crippen LogP contribution is 2.24. The van der Waals surface area contributed by atoms with Crippen LogP contribution < -0.4 is 4.90 Å². The number of aliphatic hydroxyl groups excluding tert-OH is 1. The summed E-state index contributed by atoms with van der Waals surface area (Å²) in [5.41, 5.74) is 2.83. The van der Waals surface area contributed by atoms with Gasteiger partial charge in [-0.1, -0.05) is 40.2 Å². The van der Waals surface area contributed by atoms with E-state index in [0.717, 1.165) is 28.2 Å². The molecule has 108 valence electrons. The van der Waals surface area contributed by atoms with E-state index in [0.29, 0.717) is 0 Å². The number of pyridine rings is 1. The first-order chi connectivity index (χ1) is 10.2. The van der Waals surface area contributed by atoms with Gasteiger partial charge in [0.05, 0.1) is 12.3 Å². The van der Waals surface area contributed by atoms with E-state index in [-0.39, 0.29) is 6.61 Å². The average molecular weight is 346 g/mol. The second-order valence-corrected chi connectivity index (χ2v) is 5.77. The van der Waals surface area contributed by atoms with Gasteiger partial charge < -0.3 is 10.0 Å². The minimum Gasteiger partial charge on any atom is -0.390 e. The molecular weight excluding hydrogens is 330 g/mol. The fourth-order valence-corrected chi connectivity index (χ4v) is 2.85. The van der Waals surface area contributed by atoms with Gasteiger partial charge in [-0.15, -0.1) is 0 Å². The molecule has 3 aromatic rings. The molecule has 0 fully saturated rings. The van der Waals surface area contributed by atoms with Crippen molar-refractivity contribution in [1.82, 2.24) is 9.38 Å². The van der Waals surface area contributed by atoms with Crippen LogP contribution in [0.2, 0.25) is 0 Å². The van der Waals surface area contributed by atoms with Crippen LogP contribution in [0.4, 0.5) is 5.82 Å². The lowest BCUT2D eigenvalue weighted by atomic mass is 10.2. The Bertz CT molecular complexity index is 769. The van der Waals surface area contributed by atoms with Gasteiger partial charge in [-0.3, -0.25) is 4.40 Å². The van der Waals surface area contributed by atoms with Crippen molar-refractivity contribution in [3.8, 4) is 0 Å². The maximum atomic E-state index is 9.68. The molecule has 0 unspecified atom stereocenters. The van der Waals surface area contributed by atoms with Crippen molar-refractivity contribution in [2.45, 2.75) is 13.2 Å². The molecule has 2 aromatic heterocycles. The smallest absolute Gasteiger partial charge is 0.153 e. The standard InChI is InChI=1S/C16H16BrN3O/c1-19(10-12-6-2-3-7-13(12)17)16-14(11-21)20-9-5-4-8-15(20)18-16/h2-9,21H,10-11H2,1H3. The highest BCUT2D eigenvalue weighted by molar-refractivity contribution is 9.10. The summed E-state index contributed by atoms with van der Waals surface area (Å²) in [6.07, 6.45) is 1.92. The Morgan fingerprint density at radius 3 is 2.71 bits per heavy atom. The second-order valence-electron chi connectivity index (χ2n) is 4.92. The quantitative estimate of drug-likeness (QED) is 0.789. The summed E-state index contributed by atoms with van der Waals surface area (Å²) in [6.45, 7) is 0.680. The van der Waals surface area contributed by atoms with E-state index in [4.69, 9.17) is 0 Å². The van der Waals surface area contributed by atoms with Gasteiger partial charge in [0.25, 0.3) is 0 Å². The van der Waals surface area contributed by atoms with Crippen LogP contribution in [0.1, 0.15) is 11.3 Å². The fourth-order valence-electron chi connectivity index (χ4n) is 2.44. The van der Waals surface area contributed by atoms with Gasteiger partial charge in [-0.05, 0) is 23.8 Å². The lowest BCUT2D eigenvalue weighted by Crippen LogP contribution is -2.18. The van der Waals surface area contributed by atoms with Gasteiger partial charge in [0.15, 0.2) is 5.82 Å². The molecule has 0 saturated heterocycles. The third-order valence-corrected chi connectivity index (χ3v) is 4.26. The zero-order valence-electron chi connectivity index (χ0n) is 11.7. The molecule has 0 atom stereocenters. The molecule has 0 radical (unpaired) electrons. The number of aromatic nitrogens is 2. The first-order valence-corrected chi connectivity index (χ1v) is 7.51. The maximum Gasteiger partial charge on any atom is 0.153 e. The van der Waals surface area contributed by atoms with Gasteiger partial charge in [-0.25, -0.2) is 4.98 Å². The number of imidazole rings is 1. The number of hydrogen-bond donors (Lipinski definition) is 1. The Hall–Kier alpha value is -1.85. The minimum atomic E-state index is -0.0409. The molecule has 0 aliphatic carbocycles. The van der Waals surface area contributed by atoms with E-state index in [1.807, 2.05) is 54.0 Å². The van der Waals surface area contributed by atoms with Crippen molar-refractivity contribution in [2.24, 2.45) is 0 Å². The minimum absolute atomic E-state index is 0.0409. The van der Waals surface area contributed by atoms with Gasteiger partial charge in [-0.2, -0.15) is 0 Å². The van der Waals surface area contributed by atoms with E-state index >= 15 is 0 Å². The molecule has 5 heteroatoms. The molecular formula is C16H16BrN3O. The van der Waals surface area contributed by atoms with Crippen LogP contribution in [-0.4, -0.2) is 21.5 Å². The zero-order valence-corrected chi connectivity index (χ0v) is 13.3. The van der Waals surface area contributed by atoms with E-state index in [1.165, 1.54) is 5.56 Å². The highest BCUT2D eigenvalue weighted by atomic mass is 79.9. The summed E-state index contributed by atoms with van der Waals surface area (Å²) in [4.78, 5) is 6.68. The number of benzene rings is 1. The number of nitrogens with zero attached hydrogens (tertiary/aromatic N) is 3. The zero-order chi connectivity index (χ0) is 14.8. The van der Waals surface area contributed by atoms with E-state index < -0.39 is 0 Å². The van der Waals surface area contributed by atoms with Gasteiger partial charge in [0.1, 0.15) is 5.65 Å². The topological polar surface area (TPSA) is 40.8 Å². The number of rotatable bonds is 4. The van der Waals surface area contributed by atoms with Crippen LogP contribution in [0.3, 0.4) is 0 Å². The number of fused-ring (bicyclic) bond motifs is 1. The number of aliphatic hydroxyl groups is 1. The molecule has 0 spiro atoms. The monoisotopic (exact) mass is 345 g/mol. The van der Waals surface area contributed by atoms with E-state index in [2.05, 4.69) is 31.9 Å². The van der Waals surface area contributed by atoms with Crippen LogP contribution >= 0.6 is 15.9 Å². The van der Waals surface area contributed by atoms with Gasteiger partial charge in [0.2, 0.25) is 0 Å². The summed E-state index contributed by atoms with van der Waals surface area (Å²) < 4.78 is 3.00. The summed E-state index contributed by atoms with van der Waals surface area (Å²) in [6, 6.07) is 13.9. The first kappa shape index (κ1) is 14.1. The van der Waals surface area contributed by atoms with Crippen molar-refractivity contribution in [2.75, 3.05) is 11.9 Å². The van der Waals surface area contributed by atoms with E-state index in [1.54, 1.807) is 0 Å².